The molecule has 2 aliphatic heterocycles. The molecule has 1 saturated heterocycles. The average molecular weight is 304 g/mol. The molecule has 5 nitrogen and oxygen atoms in total. The van der Waals surface area contributed by atoms with Crippen LogP contribution in [0.5, 0.6) is 5.75 Å². The van der Waals surface area contributed by atoms with E-state index in [1.165, 1.54) is 4.90 Å². The van der Waals surface area contributed by atoms with Gasteiger partial charge in [0, 0.05) is 6.54 Å². The SMILES string of the molecule is CCN1C(=O)C(/C(C)=C\C2Nc3ccccc3O2)OC1=S. The number of nitrogens with one attached hydrogen (secondary N) is 1. The summed E-state index contributed by atoms with van der Waals surface area (Å²) in [7, 11) is 0. The van der Waals surface area contributed by atoms with E-state index in [1.807, 2.05) is 44.2 Å². The minimum Gasteiger partial charge on any atom is -0.465 e. The summed E-state index contributed by atoms with van der Waals surface area (Å²) in [6, 6.07) is 7.70. The summed E-state index contributed by atoms with van der Waals surface area (Å²) in [5.41, 5.74) is 1.72. The Hall–Kier alpha value is -2.08. The highest BCUT2D eigenvalue weighted by Gasteiger charge is 2.38. The van der Waals surface area contributed by atoms with E-state index in [9.17, 15) is 4.79 Å². The highest BCUT2D eigenvalue weighted by Crippen LogP contribution is 2.32. The van der Waals surface area contributed by atoms with Crippen LogP contribution in [0.15, 0.2) is 35.9 Å². The topological polar surface area (TPSA) is 50.8 Å². The summed E-state index contributed by atoms with van der Waals surface area (Å²) in [6.07, 6.45) is 0.902. The zero-order valence-corrected chi connectivity index (χ0v) is 12.6. The minimum atomic E-state index is -0.647. The molecule has 1 amide bonds. The lowest BCUT2D eigenvalue weighted by atomic mass is 10.1. The summed E-state index contributed by atoms with van der Waals surface area (Å²) in [6.45, 7) is 4.23. The first-order valence-electron chi connectivity index (χ1n) is 6.82. The van der Waals surface area contributed by atoms with Crippen LogP contribution in [0, 0.1) is 0 Å². The first kappa shape index (κ1) is 13.9. The highest BCUT2D eigenvalue weighted by molar-refractivity contribution is 7.80. The second-order valence-electron chi connectivity index (χ2n) is 4.94. The molecule has 0 spiro atoms. The Kier molecular flexibility index (Phi) is 3.55. The standard InChI is InChI=1S/C15H16N2O3S/c1-3-17-14(18)13(20-15(17)21)9(2)8-12-16-10-6-4-5-7-11(10)19-12/h4-8,12-13,16H,3H2,1-2H3/b9-8-. The molecule has 0 bridgehead atoms. The van der Waals surface area contributed by atoms with Crippen molar-refractivity contribution in [3.8, 4) is 5.75 Å². The maximum absolute atomic E-state index is 12.2. The van der Waals surface area contributed by atoms with E-state index in [4.69, 9.17) is 21.7 Å². The molecular weight excluding hydrogens is 288 g/mol. The second-order valence-corrected chi connectivity index (χ2v) is 5.29. The van der Waals surface area contributed by atoms with E-state index in [1.54, 1.807) is 0 Å². The van der Waals surface area contributed by atoms with Gasteiger partial charge in [-0.25, -0.2) is 0 Å². The zero-order chi connectivity index (χ0) is 15.0. The number of amides is 1. The van der Waals surface area contributed by atoms with Gasteiger partial charge in [0.15, 0.2) is 6.23 Å². The molecule has 6 heteroatoms. The summed E-state index contributed by atoms with van der Waals surface area (Å²) < 4.78 is 11.2. The van der Waals surface area contributed by atoms with E-state index < -0.39 is 6.10 Å². The lowest BCUT2D eigenvalue weighted by molar-refractivity contribution is -0.128. The van der Waals surface area contributed by atoms with Crippen LogP contribution in [0.1, 0.15) is 13.8 Å². The summed E-state index contributed by atoms with van der Waals surface area (Å²) in [5, 5.41) is 3.47. The Labute approximate surface area is 128 Å². The number of ether oxygens (including phenoxy) is 2. The number of hydrogen-bond acceptors (Lipinski definition) is 5. The summed E-state index contributed by atoms with van der Waals surface area (Å²) in [5.74, 6) is 0.683. The van der Waals surface area contributed by atoms with Gasteiger partial charge >= 0.3 is 0 Å². The smallest absolute Gasteiger partial charge is 0.275 e. The number of anilines is 1. The zero-order valence-electron chi connectivity index (χ0n) is 11.8. The average Bonchev–Trinajstić information content (AvgIpc) is 2.99. The Morgan fingerprint density at radius 1 is 1.43 bits per heavy atom. The Morgan fingerprint density at radius 2 is 2.19 bits per heavy atom. The second kappa shape index (κ2) is 5.37. The van der Waals surface area contributed by atoms with Gasteiger partial charge in [0.2, 0.25) is 6.10 Å². The van der Waals surface area contributed by atoms with E-state index in [2.05, 4.69) is 5.32 Å². The third-order valence-corrected chi connectivity index (χ3v) is 3.83. The van der Waals surface area contributed by atoms with Crippen molar-refractivity contribution in [3.63, 3.8) is 0 Å². The fourth-order valence-corrected chi connectivity index (χ4v) is 2.74. The quantitative estimate of drug-likeness (QED) is 0.686. The molecule has 1 aromatic carbocycles. The fraction of sp³-hybridized carbons (Fsp3) is 0.333. The normalized spacial score (nSPS) is 24.5. The van der Waals surface area contributed by atoms with Crippen LogP contribution in [-0.4, -0.2) is 34.9 Å². The van der Waals surface area contributed by atoms with Crippen LogP contribution in [0.4, 0.5) is 5.69 Å². The third kappa shape index (κ3) is 2.47. The molecule has 110 valence electrons. The summed E-state index contributed by atoms with van der Waals surface area (Å²) >= 11 is 5.06. The predicted molar refractivity (Wildman–Crippen MR) is 83.1 cm³/mol. The van der Waals surface area contributed by atoms with Crippen LogP contribution in [0.3, 0.4) is 0 Å². The number of likely N-dealkylation sites (N-methyl/N-ethyl adjacent to an activating group) is 1. The van der Waals surface area contributed by atoms with Crippen molar-refractivity contribution < 1.29 is 14.3 Å². The molecule has 1 aromatic rings. The van der Waals surface area contributed by atoms with Gasteiger partial charge < -0.3 is 14.8 Å². The third-order valence-electron chi connectivity index (χ3n) is 3.51. The van der Waals surface area contributed by atoms with E-state index in [0.717, 1.165) is 17.0 Å². The number of hydrogen-bond donors (Lipinski definition) is 1. The molecule has 3 rings (SSSR count). The molecule has 2 aliphatic rings. The number of thiocarbonyl (C=S) groups is 1. The van der Waals surface area contributed by atoms with Crippen molar-refractivity contribution in [2.24, 2.45) is 0 Å². The number of rotatable bonds is 3. The molecule has 0 radical (unpaired) electrons. The number of carbonyl (C=O) groups excluding carboxylic acids is 1. The van der Waals surface area contributed by atoms with Crippen LogP contribution in [0.2, 0.25) is 0 Å². The maximum atomic E-state index is 12.2. The first-order chi connectivity index (χ1) is 10.1. The first-order valence-corrected chi connectivity index (χ1v) is 7.23. The number of carbonyl (C=O) groups is 1. The molecule has 1 N–H and O–H groups in total. The van der Waals surface area contributed by atoms with E-state index in [-0.39, 0.29) is 17.3 Å². The lowest BCUT2D eigenvalue weighted by Gasteiger charge is -2.12. The van der Waals surface area contributed by atoms with Gasteiger partial charge in [0.05, 0.1) is 5.69 Å². The van der Waals surface area contributed by atoms with Crippen LogP contribution in [-0.2, 0) is 9.53 Å². The van der Waals surface area contributed by atoms with Gasteiger partial charge in [0.25, 0.3) is 11.1 Å². The van der Waals surface area contributed by atoms with Gasteiger partial charge in [0.1, 0.15) is 5.75 Å². The number of para-hydroxylation sites is 2. The minimum absolute atomic E-state index is 0.119. The molecule has 0 aliphatic carbocycles. The summed E-state index contributed by atoms with van der Waals surface area (Å²) in [4.78, 5) is 13.7. The Bertz CT molecular complexity index is 604. The van der Waals surface area contributed by atoms with Crippen molar-refractivity contribution >= 4 is 29.0 Å². The Balaban J connectivity index is 1.74. The van der Waals surface area contributed by atoms with Gasteiger partial charge in [-0.2, -0.15) is 0 Å². The Morgan fingerprint density at radius 3 is 2.86 bits per heavy atom. The molecule has 21 heavy (non-hydrogen) atoms. The van der Waals surface area contributed by atoms with Crippen LogP contribution in [0.25, 0.3) is 0 Å². The molecule has 0 aromatic heterocycles. The van der Waals surface area contributed by atoms with E-state index in [0.29, 0.717) is 6.54 Å². The van der Waals surface area contributed by atoms with E-state index >= 15 is 0 Å². The van der Waals surface area contributed by atoms with Gasteiger partial charge in [-0.1, -0.05) is 12.1 Å². The van der Waals surface area contributed by atoms with Gasteiger partial charge in [-0.15, -0.1) is 0 Å². The van der Waals surface area contributed by atoms with Crippen molar-refractivity contribution in [2.75, 3.05) is 11.9 Å². The number of benzene rings is 1. The van der Waals surface area contributed by atoms with Crippen molar-refractivity contribution in [1.29, 1.82) is 0 Å². The molecule has 1 fully saturated rings. The molecule has 2 heterocycles. The monoisotopic (exact) mass is 304 g/mol. The van der Waals surface area contributed by atoms with Crippen molar-refractivity contribution in [1.82, 2.24) is 4.90 Å². The molecule has 2 atom stereocenters. The lowest BCUT2D eigenvalue weighted by Crippen LogP contribution is -2.32. The molecule has 2 unspecified atom stereocenters. The predicted octanol–water partition coefficient (Wildman–Crippen LogP) is 2.30. The molecule has 0 saturated carbocycles. The molecular formula is C15H16N2O3S. The van der Waals surface area contributed by atoms with Gasteiger partial charge in [-0.3, -0.25) is 9.69 Å². The van der Waals surface area contributed by atoms with Crippen molar-refractivity contribution in [2.45, 2.75) is 26.2 Å². The number of fused-ring (bicyclic) bond motifs is 1. The van der Waals surface area contributed by atoms with Gasteiger partial charge in [-0.05, 0) is 49.8 Å². The van der Waals surface area contributed by atoms with Crippen LogP contribution < -0.4 is 10.1 Å². The largest absolute Gasteiger partial charge is 0.465 e. The maximum Gasteiger partial charge on any atom is 0.275 e. The van der Waals surface area contributed by atoms with Crippen molar-refractivity contribution in [3.05, 3.63) is 35.9 Å². The van der Waals surface area contributed by atoms with Crippen LogP contribution >= 0.6 is 12.2 Å². The fourth-order valence-electron chi connectivity index (χ4n) is 2.43. The highest BCUT2D eigenvalue weighted by atomic mass is 32.1. The number of nitrogens with zero attached hydrogens (tertiary/aromatic N) is 1.